The van der Waals surface area contributed by atoms with Crippen LogP contribution in [-0.4, -0.2) is 69.0 Å². The van der Waals surface area contributed by atoms with Gasteiger partial charge in [-0.15, -0.1) is 0 Å². The van der Waals surface area contributed by atoms with Gasteiger partial charge in [0.15, 0.2) is 11.6 Å². The molecule has 6 aromatic rings. The van der Waals surface area contributed by atoms with Crippen molar-refractivity contribution in [3.63, 3.8) is 0 Å². The molecule has 2 unspecified atom stereocenters. The van der Waals surface area contributed by atoms with Gasteiger partial charge in [0.2, 0.25) is 0 Å². The Kier molecular flexibility index (Phi) is 18.0. The van der Waals surface area contributed by atoms with E-state index in [4.69, 9.17) is 35.5 Å². The van der Waals surface area contributed by atoms with Crippen molar-refractivity contribution in [3.8, 4) is 39.8 Å². The Morgan fingerprint density at radius 1 is 0.652 bits per heavy atom. The third-order valence-electron chi connectivity index (χ3n) is 10.7. The second kappa shape index (κ2) is 25.1. The number of esters is 3. The molecule has 0 aliphatic rings. The van der Waals surface area contributed by atoms with Gasteiger partial charge < -0.3 is 28.6 Å². The Morgan fingerprint density at radius 2 is 1.10 bits per heavy atom. The third-order valence-corrected chi connectivity index (χ3v) is 10.7. The molecule has 0 saturated carbocycles. The van der Waals surface area contributed by atoms with Crippen molar-refractivity contribution in [2.75, 3.05) is 51.0 Å². The van der Waals surface area contributed by atoms with Crippen LogP contribution in [0.3, 0.4) is 0 Å². The topological polar surface area (TPSA) is 197 Å². The molecule has 0 aromatic heterocycles. The molecule has 2 atom stereocenters. The lowest BCUT2D eigenvalue weighted by atomic mass is 9.96. The van der Waals surface area contributed by atoms with E-state index in [-0.39, 0.29) is 45.1 Å². The highest BCUT2D eigenvalue weighted by Gasteiger charge is 2.34. The fraction of sp³-hybridized carbons (Fsp3) is 0.226. The number of hydrogen-bond donors (Lipinski definition) is 0. The van der Waals surface area contributed by atoms with Gasteiger partial charge in [0.25, 0.3) is 5.69 Å². The normalized spacial score (nSPS) is 11.6. The number of nitro groups is 1. The van der Waals surface area contributed by atoms with E-state index >= 15 is 0 Å². The maximum absolute atomic E-state index is 13.5. The summed E-state index contributed by atoms with van der Waals surface area (Å²) in [5.74, 6) is -3.64. The number of carbonyl (C=O) groups is 3. The standard InChI is InChI=1S/C53H48N6O10/c1-4-58(46-21-17-44(18-22-46)56-57-45-19-23-47(24-20-45)59(63)64)29-30-67-51(60)37(2)35-50(52(61)68-33-31-65-48-25-11-41(12-26-48)39-7-5-38(36-54)6-8-39)53(62)69-34-32-66-49-27-13-42(14-28-49)40-9-15-43(55-3)16-10-40/h5-28,37,50H,4,29-35H2,1-2H3/b57-56+. The van der Waals surface area contributed by atoms with Gasteiger partial charge in [-0.3, -0.25) is 24.5 Å². The lowest BCUT2D eigenvalue weighted by Gasteiger charge is -2.23. The predicted octanol–water partition coefficient (Wildman–Crippen LogP) is 11.0. The molecule has 0 N–H and O–H groups in total. The molecule has 16 heteroatoms. The summed E-state index contributed by atoms with van der Waals surface area (Å²) < 4.78 is 28.2. The van der Waals surface area contributed by atoms with Crippen molar-refractivity contribution in [1.82, 2.24) is 0 Å². The molecule has 0 bridgehead atoms. The smallest absolute Gasteiger partial charge is 0.320 e. The van der Waals surface area contributed by atoms with E-state index in [0.717, 1.165) is 27.9 Å². The minimum absolute atomic E-state index is 0.00903. The molecule has 6 rings (SSSR count). The van der Waals surface area contributed by atoms with E-state index in [1.54, 1.807) is 67.6 Å². The van der Waals surface area contributed by atoms with Gasteiger partial charge in [-0.1, -0.05) is 67.6 Å². The van der Waals surface area contributed by atoms with E-state index in [9.17, 15) is 24.5 Å². The number of non-ortho nitro benzene ring substituents is 1. The number of carbonyl (C=O) groups excluding carboxylic acids is 3. The van der Waals surface area contributed by atoms with E-state index < -0.39 is 34.7 Å². The minimum atomic E-state index is -1.45. The van der Waals surface area contributed by atoms with Gasteiger partial charge in [-0.05, 0) is 108 Å². The number of ether oxygens (including phenoxy) is 5. The van der Waals surface area contributed by atoms with Gasteiger partial charge in [0, 0.05) is 24.4 Å². The summed E-state index contributed by atoms with van der Waals surface area (Å²) in [6, 6.07) is 44.1. The van der Waals surface area contributed by atoms with Crippen LogP contribution in [0.15, 0.2) is 156 Å². The average molecular weight is 929 g/mol. The quantitative estimate of drug-likeness (QED) is 0.00863. The second-order valence-corrected chi connectivity index (χ2v) is 15.4. The third kappa shape index (κ3) is 14.8. The van der Waals surface area contributed by atoms with Gasteiger partial charge in [-0.25, -0.2) is 4.85 Å². The summed E-state index contributed by atoms with van der Waals surface area (Å²) >= 11 is 0. The number of likely N-dealkylation sites (N-methyl/N-ethyl adjacent to an activating group) is 1. The van der Waals surface area contributed by atoms with E-state index in [2.05, 4.69) is 21.1 Å². The van der Waals surface area contributed by atoms with Crippen LogP contribution >= 0.6 is 0 Å². The molecule has 0 aliphatic carbocycles. The molecular weight excluding hydrogens is 881 g/mol. The predicted molar refractivity (Wildman–Crippen MR) is 257 cm³/mol. The molecule has 6 aromatic carbocycles. The molecule has 0 heterocycles. The number of azo groups is 1. The molecule has 0 spiro atoms. The first-order chi connectivity index (χ1) is 33.5. The van der Waals surface area contributed by atoms with Crippen LogP contribution < -0.4 is 14.4 Å². The average Bonchev–Trinajstić information content (AvgIpc) is 3.39. The van der Waals surface area contributed by atoms with Crippen LogP contribution in [-0.2, 0) is 28.6 Å². The SMILES string of the molecule is [C-]#[N+]c1ccc(-c2ccc(OCCOC(=O)C(CC(C)C(=O)OCCN(CC)c3ccc(/N=N/c4ccc([N+](=O)[O-])cc4)cc3)C(=O)OCCOc3ccc(-c4ccc(C#N)cc4)cc3)cc2)cc1. The monoisotopic (exact) mass is 928 g/mol. The fourth-order valence-corrected chi connectivity index (χ4v) is 6.85. The zero-order valence-corrected chi connectivity index (χ0v) is 37.9. The van der Waals surface area contributed by atoms with Crippen LogP contribution in [0.5, 0.6) is 11.5 Å². The van der Waals surface area contributed by atoms with Gasteiger partial charge in [0.05, 0.1) is 47.0 Å². The first kappa shape index (κ1) is 49.5. The Labute approximate surface area is 399 Å². The van der Waals surface area contributed by atoms with Crippen LogP contribution in [0.1, 0.15) is 25.8 Å². The van der Waals surface area contributed by atoms with E-state index in [1.807, 2.05) is 72.5 Å². The Balaban J connectivity index is 1.00. The van der Waals surface area contributed by atoms with Crippen molar-refractivity contribution in [1.29, 1.82) is 5.26 Å². The molecule has 0 fully saturated rings. The molecule has 16 nitrogen and oxygen atoms in total. The van der Waals surface area contributed by atoms with Crippen molar-refractivity contribution in [2.45, 2.75) is 20.3 Å². The highest BCUT2D eigenvalue weighted by molar-refractivity contribution is 5.95. The summed E-state index contributed by atoms with van der Waals surface area (Å²) in [6.07, 6.45) is -0.235. The maximum Gasteiger partial charge on any atom is 0.320 e. The summed E-state index contributed by atoms with van der Waals surface area (Å²) in [5, 5.41) is 28.3. The number of rotatable bonds is 23. The molecule has 0 amide bonds. The van der Waals surface area contributed by atoms with Gasteiger partial charge >= 0.3 is 17.9 Å². The lowest BCUT2D eigenvalue weighted by molar-refractivity contribution is -0.384. The highest BCUT2D eigenvalue weighted by Crippen LogP contribution is 2.27. The molecule has 0 radical (unpaired) electrons. The van der Waals surface area contributed by atoms with Crippen LogP contribution in [0, 0.1) is 39.9 Å². The van der Waals surface area contributed by atoms with Crippen LogP contribution in [0.2, 0.25) is 0 Å². The zero-order chi connectivity index (χ0) is 49.0. The van der Waals surface area contributed by atoms with E-state index in [0.29, 0.717) is 47.2 Å². The number of anilines is 1. The molecule has 0 saturated heterocycles. The molecule has 69 heavy (non-hydrogen) atoms. The largest absolute Gasteiger partial charge is 0.490 e. The summed E-state index contributed by atoms with van der Waals surface area (Å²) in [7, 11) is 0. The Bertz CT molecular complexity index is 2650. The van der Waals surface area contributed by atoms with Crippen LogP contribution in [0.25, 0.3) is 27.1 Å². The first-order valence-corrected chi connectivity index (χ1v) is 22.0. The van der Waals surface area contributed by atoms with Crippen molar-refractivity contribution < 1.29 is 43.0 Å². The molecule has 0 aliphatic heterocycles. The lowest BCUT2D eigenvalue weighted by Crippen LogP contribution is -2.34. The summed E-state index contributed by atoms with van der Waals surface area (Å²) in [6.45, 7) is 11.3. The first-order valence-electron chi connectivity index (χ1n) is 22.0. The number of nitro benzene ring substituents is 1. The number of hydrogen-bond acceptors (Lipinski definition) is 14. The molecule has 350 valence electrons. The molecular formula is C53H48N6O10. The maximum atomic E-state index is 13.5. The summed E-state index contributed by atoms with van der Waals surface area (Å²) in [4.78, 5) is 56.1. The van der Waals surface area contributed by atoms with Crippen molar-refractivity contribution in [3.05, 3.63) is 173 Å². The number of nitriles is 1. The summed E-state index contributed by atoms with van der Waals surface area (Å²) in [5.41, 5.74) is 6.68. The van der Waals surface area contributed by atoms with Gasteiger partial charge in [0.1, 0.15) is 44.5 Å². The Morgan fingerprint density at radius 3 is 1.55 bits per heavy atom. The van der Waals surface area contributed by atoms with Crippen molar-refractivity contribution >= 4 is 46.3 Å². The minimum Gasteiger partial charge on any atom is -0.490 e. The Hall–Kier alpha value is -8.89. The second-order valence-electron chi connectivity index (χ2n) is 15.4. The van der Waals surface area contributed by atoms with Crippen molar-refractivity contribution in [2.24, 2.45) is 22.1 Å². The number of benzene rings is 6. The fourth-order valence-electron chi connectivity index (χ4n) is 6.85. The van der Waals surface area contributed by atoms with E-state index in [1.165, 1.54) is 24.3 Å². The highest BCUT2D eigenvalue weighted by atomic mass is 16.6. The van der Waals surface area contributed by atoms with Crippen LogP contribution in [0.4, 0.5) is 28.4 Å². The zero-order valence-electron chi connectivity index (χ0n) is 37.9. The number of nitrogens with zero attached hydrogens (tertiary/aromatic N) is 6. The van der Waals surface area contributed by atoms with Gasteiger partial charge in [-0.2, -0.15) is 15.5 Å².